The minimum Gasteiger partial charge on any atom is -0.345 e. The quantitative estimate of drug-likeness (QED) is 0.572. The zero-order valence-corrected chi connectivity index (χ0v) is 8.50. The van der Waals surface area contributed by atoms with Gasteiger partial charge in [0, 0.05) is 13.1 Å². The van der Waals surface area contributed by atoms with Gasteiger partial charge in [-0.25, -0.2) is 0 Å². The maximum absolute atomic E-state index is 10.6. The first kappa shape index (κ1) is 10.6. The van der Waals surface area contributed by atoms with Gasteiger partial charge >= 0.3 is 0 Å². The lowest BCUT2D eigenvalue weighted by Gasteiger charge is -2.16. The summed E-state index contributed by atoms with van der Waals surface area (Å²) >= 11 is 0. The highest BCUT2D eigenvalue weighted by Crippen LogP contribution is 2.11. The molecular weight excluding hydrogens is 162 g/mol. The molecule has 1 aliphatic heterocycles. The van der Waals surface area contributed by atoms with Crippen LogP contribution in [0.25, 0.3) is 0 Å². The molecule has 1 fully saturated rings. The third-order valence-corrected chi connectivity index (χ3v) is 2.79. The number of nitrogens with zero attached hydrogens (tertiary/aromatic N) is 1. The fraction of sp³-hybridized carbons (Fsp3) is 0.909. The van der Waals surface area contributed by atoms with Crippen LogP contribution in [-0.4, -0.2) is 24.4 Å². The van der Waals surface area contributed by atoms with Crippen LogP contribution in [0.15, 0.2) is 0 Å². The second kappa shape index (κ2) is 6.93. The van der Waals surface area contributed by atoms with Gasteiger partial charge in [0.2, 0.25) is 6.41 Å². The van der Waals surface area contributed by atoms with Crippen LogP contribution in [0.5, 0.6) is 0 Å². The van der Waals surface area contributed by atoms with E-state index < -0.39 is 0 Å². The Labute approximate surface area is 81.3 Å². The number of hydrogen-bond acceptors (Lipinski definition) is 1. The summed E-state index contributed by atoms with van der Waals surface area (Å²) in [5, 5.41) is 0. The summed E-state index contributed by atoms with van der Waals surface area (Å²) in [5.74, 6) is 0. The van der Waals surface area contributed by atoms with Crippen molar-refractivity contribution in [1.29, 1.82) is 0 Å². The normalized spacial score (nSPS) is 22.0. The van der Waals surface area contributed by atoms with Gasteiger partial charge in [0.05, 0.1) is 0 Å². The molecule has 0 spiro atoms. The molecule has 0 bridgehead atoms. The van der Waals surface area contributed by atoms with Crippen molar-refractivity contribution in [2.24, 2.45) is 0 Å². The molecule has 0 N–H and O–H groups in total. The summed E-state index contributed by atoms with van der Waals surface area (Å²) in [7, 11) is 0. The Morgan fingerprint density at radius 3 is 1.46 bits per heavy atom. The third kappa shape index (κ3) is 4.91. The maximum Gasteiger partial charge on any atom is 0.209 e. The number of rotatable bonds is 1. The average molecular weight is 183 g/mol. The number of amides is 1. The first-order valence-corrected chi connectivity index (χ1v) is 5.63. The van der Waals surface area contributed by atoms with E-state index in [1.807, 2.05) is 4.90 Å². The fourth-order valence-corrected chi connectivity index (χ4v) is 1.91. The summed E-state index contributed by atoms with van der Waals surface area (Å²) in [6, 6.07) is 0. The smallest absolute Gasteiger partial charge is 0.209 e. The predicted molar refractivity (Wildman–Crippen MR) is 54.6 cm³/mol. The first-order chi connectivity index (χ1) is 6.43. The van der Waals surface area contributed by atoms with E-state index in [9.17, 15) is 4.79 Å². The molecule has 2 heteroatoms. The SMILES string of the molecule is O=CN1CCCCCCCCCC1. The van der Waals surface area contributed by atoms with Gasteiger partial charge in [-0.1, -0.05) is 38.5 Å². The molecule has 0 unspecified atom stereocenters. The third-order valence-electron chi connectivity index (χ3n) is 2.79. The molecule has 1 rings (SSSR count). The molecule has 1 aliphatic rings. The van der Waals surface area contributed by atoms with E-state index >= 15 is 0 Å². The summed E-state index contributed by atoms with van der Waals surface area (Å²) < 4.78 is 0. The van der Waals surface area contributed by atoms with Crippen LogP contribution in [0.4, 0.5) is 0 Å². The lowest BCUT2D eigenvalue weighted by Crippen LogP contribution is -2.24. The van der Waals surface area contributed by atoms with Crippen LogP contribution in [-0.2, 0) is 4.79 Å². The van der Waals surface area contributed by atoms with E-state index in [1.54, 1.807) is 0 Å². The molecule has 0 aromatic carbocycles. The van der Waals surface area contributed by atoms with E-state index in [0.717, 1.165) is 19.5 Å². The average Bonchev–Trinajstić information content (AvgIpc) is 2.22. The predicted octanol–water partition coefficient (Wildman–Crippen LogP) is 2.58. The van der Waals surface area contributed by atoms with E-state index in [0.29, 0.717) is 0 Å². The van der Waals surface area contributed by atoms with Crippen molar-refractivity contribution in [3.63, 3.8) is 0 Å². The molecule has 0 saturated carbocycles. The Bertz CT molecular complexity index is 124. The molecule has 0 aromatic rings. The molecule has 1 saturated heterocycles. The van der Waals surface area contributed by atoms with E-state index in [-0.39, 0.29) is 0 Å². The van der Waals surface area contributed by atoms with Gasteiger partial charge in [-0.15, -0.1) is 0 Å². The lowest BCUT2D eigenvalue weighted by atomic mass is 10.1. The second-order valence-electron chi connectivity index (χ2n) is 3.97. The topological polar surface area (TPSA) is 20.3 Å². The number of carbonyl (C=O) groups is 1. The van der Waals surface area contributed by atoms with Gasteiger partial charge in [-0.2, -0.15) is 0 Å². The standard InChI is InChI=1S/C11H21NO/c13-11-12-9-7-5-3-1-2-4-6-8-10-12/h11H,1-10H2. The molecule has 2 nitrogen and oxygen atoms in total. The van der Waals surface area contributed by atoms with Gasteiger partial charge < -0.3 is 4.90 Å². The molecule has 0 radical (unpaired) electrons. The van der Waals surface area contributed by atoms with Crippen molar-refractivity contribution in [3.05, 3.63) is 0 Å². The molecule has 0 aromatic heterocycles. The monoisotopic (exact) mass is 183 g/mol. The van der Waals surface area contributed by atoms with Crippen molar-refractivity contribution < 1.29 is 4.79 Å². The second-order valence-corrected chi connectivity index (χ2v) is 3.97. The zero-order valence-electron chi connectivity index (χ0n) is 8.50. The molecular formula is C11H21NO. The largest absolute Gasteiger partial charge is 0.345 e. The van der Waals surface area contributed by atoms with Crippen LogP contribution < -0.4 is 0 Å². The number of carbonyl (C=O) groups excluding carboxylic acids is 1. The Kier molecular flexibility index (Phi) is 5.62. The van der Waals surface area contributed by atoms with Crippen molar-refractivity contribution in [3.8, 4) is 0 Å². The highest BCUT2D eigenvalue weighted by Gasteiger charge is 2.02. The van der Waals surface area contributed by atoms with Gasteiger partial charge in [-0.3, -0.25) is 4.79 Å². The van der Waals surface area contributed by atoms with Crippen molar-refractivity contribution in [1.82, 2.24) is 4.90 Å². The molecule has 76 valence electrons. The van der Waals surface area contributed by atoms with Gasteiger partial charge in [0.1, 0.15) is 0 Å². The summed E-state index contributed by atoms with van der Waals surface area (Å²) in [5.41, 5.74) is 0. The fourth-order valence-electron chi connectivity index (χ4n) is 1.91. The summed E-state index contributed by atoms with van der Waals surface area (Å²) in [4.78, 5) is 12.6. The Balaban J connectivity index is 2.22. The van der Waals surface area contributed by atoms with Crippen LogP contribution in [0.1, 0.15) is 51.4 Å². The highest BCUT2D eigenvalue weighted by molar-refractivity contribution is 5.46. The van der Waals surface area contributed by atoms with Crippen LogP contribution in [0, 0.1) is 0 Å². The Morgan fingerprint density at radius 1 is 0.692 bits per heavy atom. The molecule has 1 amide bonds. The van der Waals surface area contributed by atoms with Gasteiger partial charge in [-0.05, 0) is 12.8 Å². The highest BCUT2D eigenvalue weighted by atomic mass is 16.1. The van der Waals surface area contributed by atoms with E-state index in [1.165, 1.54) is 51.4 Å². The van der Waals surface area contributed by atoms with Crippen molar-refractivity contribution >= 4 is 6.41 Å². The number of hydrogen-bond donors (Lipinski definition) is 0. The van der Waals surface area contributed by atoms with E-state index in [4.69, 9.17) is 0 Å². The van der Waals surface area contributed by atoms with E-state index in [2.05, 4.69) is 0 Å². The lowest BCUT2D eigenvalue weighted by molar-refractivity contribution is -0.118. The zero-order chi connectivity index (χ0) is 9.36. The van der Waals surface area contributed by atoms with Crippen LogP contribution in [0.2, 0.25) is 0 Å². The minimum absolute atomic E-state index is 0.976. The van der Waals surface area contributed by atoms with Crippen LogP contribution in [0.3, 0.4) is 0 Å². The van der Waals surface area contributed by atoms with Gasteiger partial charge in [0.25, 0.3) is 0 Å². The van der Waals surface area contributed by atoms with Crippen molar-refractivity contribution in [2.45, 2.75) is 51.4 Å². The summed E-state index contributed by atoms with van der Waals surface area (Å²) in [6.45, 7) is 1.95. The molecule has 13 heavy (non-hydrogen) atoms. The molecule has 0 aliphatic carbocycles. The molecule has 0 atom stereocenters. The summed E-state index contributed by atoms with van der Waals surface area (Å²) in [6.07, 6.45) is 11.5. The first-order valence-electron chi connectivity index (χ1n) is 5.63. The Morgan fingerprint density at radius 2 is 1.08 bits per heavy atom. The minimum atomic E-state index is 0.976. The maximum atomic E-state index is 10.6. The van der Waals surface area contributed by atoms with Crippen molar-refractivity contribution in [2.75, 3.05) is 13.1 Å². The Hall–Kier alpha value is -0.530. The van der Waals surface area contributed by atoms with Gasteiger partial charge in [0.15, 0.2) is 0 Å². The molecule has 1 heterocycles. The van der Waals surface area contributed by atoms with Crippen LogP contribution >= 0.6 is 0 Å².